The van der Waals surface area contributed by atoms with Crippen LogP contribution >= 0.6 is 11.8 Å². The Hall–Kier alpha value is -3.07. The minimum absolute atomic E-state index is 0.0497. The van der Waals surface area contributed by atoms with Crippen LogP contribution in [0.3, 0.4) is 0 Å². The fraction of sp³-hybridized carbons (Fsp3) is 0.531. The number of aromatic amines is 1. The second kappa shape index (κ2) is 10.3. The predicted molar refractivity (Wildman–Crippen MR) is 160 cm³/mol. The van der Waals surface area contributed by atoms with Gasteiger partial charge in [0, 0.05) is 51.4 Å². The first-order valence-electron chi connectivity index (χ1n) is 14.7. The van der Waals surface area contributed by atoms with E-state index in [1.165, 1.54) is 11.8 Å². The Morgan fingerprint density at radius 2 is 1.83 bits per heavy atom. The molecule has 3 aromatic rings. The monoisotopic (exact) mass is 578 g/mol. The summed E-state index contributed by atoms with van der Waals surface area (Å²) in [4.78, 5) is 42.7. The predicted octanol–water partition coefficient (Wildman–Crippen LogP) is 5.73. The lowest BCUT2D eigenvalue weighted by Crippen LogP contribution is -2.70. The van der Waals surface area contributed by atoms with Gasteiger partial charge >= 0.3 is 0 Å². The third-order valence-corrected chi connectivity index (χ3v) is 10.7. The molecule has 2 heterocycles. The number of H-pyrrole nitrogens is 1. The van der Waals surface area contributed by atoms with E-state index in [0.717, 1.165) is 52.9 Å². The van der Waals surface area contributed by atoms with E-state index >= 15 is 0 Å². The number of rotatable bonds is 8. The molecule has 2 amide bonds. The number of nitrogens with zero attached hydrogens (tertiary/aromatic N) is 1. The maximum absolute atomic E-state index is 13.9. The van der Waals surface area contributed by atoms with Crippen molar-refractivity contribution in [3.05, 3.63) is 63.2 Å². The third kappa shape index (κ3) is 4.80. The summed E-state index contributed by atoms with van der Waals surface area (Å²) >= 11 is 1.50. The number of aryl methyl sites for hydroxylation is 1. The molecule has 2 bridgehead atoms. The second-order valence-corrected chi connectivity index (χ2v) is 13.5. The Balaban J connectivity index is 1.16. The van der Waals surface area contributed by atoms with E-state index in [1.54, 1.807) is 0 Å². The van der Waals surface area contributed by atoms with E-state index in [4.69, 9.17) is 0 Å². The number of carbonyl (C=O) groups excluding carboxylic acids is 2. The zero-order valence-corrected chi connectivity index (χ0v) is 25.1. The Labute approximate surface area is 244 Å². The number of pyridine rings is 1. The molecule has 4 saturated carbocycles. The van der Waals surface area contributed by atoms with Crippen molar-refractivity contribution in [3.63, 3.8) is 0 Å². The van der Waals surface area contributed by atoms with Crippen molar-refractivity contribution in [1.29, 1.82) is 0 Å². The average Bonchev–Trinajstić information content (AvgIpc) is 3.21. The van der Waals surface area contributed by atoms with Gasteiger partial charge in [-0.25, -0.2) is 4.39 Å². The van der Waals surface area contributed by atoms with Crippen LogP contribution in [0.25, 0.3) is 10.9 Å². The fourth-order valence-electron chi connectivity index (χ4n) is 7.70. The molecule has 4 aliphatic rings. The highest BCUT2D eigenvalue weighted by molar-refractivity contribution is 7.98. The van der Waals surface area contributed by atoms with Crippen molar-refractivity contribution in [3.8, 4) is 0 Å². The van der Waals surface area contributed by atoms with Gasteiger partial charge in [0.2, 0.25) is 5.91 Å². The van der Waals surface area contributed by atoms with Gasteiger partial charge in [-0.1, -0.05) is 18.2 Å². The number of benzene rings is 1. The molecule has 218 valence electrons. The summed E-state index contributed by atoms with van der Waals surface area (Å²) in [5.41, 5.74) is 2.28. The van der Waals surface area contributed by atoms with Crippen LogP contribution in [0.5, 0.6) is 0 Å². The lowest BCUT2D eigenvalue weighted by molar-refractivity contribution is -0.214. The van der Waals surface area contributed by atoms with E-state index in [9.17, 15) is 18.8 Å². The highest BCUT2D eigenvalue weighted by Crippen LogP contribution is 2.69. The quantitative estimate of drug-likeness (QED) is 0.298. The number of halogens is 1. The summed E-state index contributed by atoms with van der Waals surface area (Å²) in [6.45, 7) is 6.24. The normalized spacial score (nSPS) is 27.5. The maximum atomic E-state index is 13.9. The van der Waals surface area contributed by atoms with Crippen LogP contribution in [0.2, 0.25) is 0 Å². The Morgan fingerprint density at radius 3 is 2.49 bits per heavy atom. The molecule has 1 aromatic carbocycles. The van der Waals surface area contributed by atoms with Gasteiger partial charge in [-0.05, 0) is 90.0 Å². The molecule has 0 spiro atoms. The van der Waals surface area contributed by atoms with Crippen LogP contribution in [0.15, 0.2) is 40.0 Å². The summed E-state index contributed by atoms with van der Waals surface area (Å²) in [7, 11) is 0. The molecule has 41 heavy (non-hydrogen) atoms. The standard InChI is InChI=1S/C32H39FN4O3S/c1-18-13-26(41-4)24(28(38)35-18)14-34-29(39)27-20(3)37(25-8-6-5-7-23(25)27)19(2)21-9-11-22(12-10-21)36-30(40)31-15-32(33,16-31)17-31/h5-8,13,19,21-22H,9-12,14-17H2,1-4H3,(H,34,39)(H,35,38)(H,36,40)/t19-,21-,22-,31?,32?/m1/s1. The Morgan fingerprint density at radius 1 is 1.15 bits per heavy atom. The Kier molecular flexibility index (Phi) is 7.07. The molecule has 3 N–H and O–H groups in total. The summed E-state index contributed by atoms with van der Waals surface area (Å²) in [5, 5.41) is 7.15. The van der Waals surface area contributed by atoms with Crippen LogP contribution in [-0.2, 0) is 11.3 Å². The van der Waals surface area contributed by atoms with Crippen molar-refractivity contribution in [1.82, 2.24) is 20.2 Å². The summed E-state index contributed by atoms with van der Waals surface area (Å²) in [6.07, 6.45) is 6.90. The summed E-state index contributed by atoms with van der Waals surface area (Å²) in [5.74, 6) is 0.272. The van der Waals surface area contributed by atoms with Crippen LogP contribution < -0.4 is 16.2 Å². The molecule has 0 aliphatic heterocycles. The van der Waals surface area contributed by atoms with E-state index < -0.39 is 11.1 Å². The lowest BCUT2D eigenvalue weighted by Gasteiger charge is -2.64. The van der Waals surface area contributed by atoms with Gasteiger partial charge in [-0.15, -0.1) is 11.8 Å². The van der Waals surface area contributed by atoms with E-state index in [-0.39, 0.29) is 36.0 Å². The van der Waals surface area contributed by atoms with E-state index in [0.29, 0.717) is 36.3 Å². The molecule has 0 unspecified atom stereocenters. The van der Waals surface area contributed by atoms with Crippen molar-refractivity contribution < 1.29 is 14.0 Å². The zero-order chi connectivity index (χ0) is 29.1. The highest BCUT2D eigenvalue weighted by Gasteiger charge is 2.72. The summed E-state index contributed by atoms with van der Waals surface area (Å²) < 4.78 is 16.2. The highest BCUT2D eigenvalue weighted by atomic mass is 32.2. The molecule has 4 aliphatic carbocycles. The van der Waals surface area contributed by atoms with Crippen LogP contribution in [0.1, 0.15) is 85.2 Å². The van der Waals surface area contributed by atoms with Crippen LogP contribution in [0, 0.1) is 25.2 Å². The second-order valence-electron chi connectivity index (χ2n) is 12.6. The van der Waals surface area contributed by atoms with Gasteiger partial charge < -0.3 is 20.2 Å². The number of nitrogens with one attached hydrogen (secondary N) is 3. The smallest absolute Gasteiger partial charge is 0.254 e. The molecule has 7 nitrogen and oxygen atoms in total. The number of fused-ring (bicyclic) bond motifs is 1. The topological polar surface area (TPSA) is 96.0 Å². The maximum Gasteiger partial charge on any atom is 0.254 e. The molecular formula is C32H39FN4O3S. The number of carbonyl (C=O) groups is 2. The van der Waals surface area contributed by atoms with Crippen molar-refractivity contribution >= 4 is 34.5 Å². The average molecular weight is 579 g/mol. The molecule has 2 aromatic heterocycles. The largest absolute Gasteiger partial charge is 0.353 e. The Bertz CT molecular complexity index is 1570. The first-order chi connectivity index (χ1) is 19.5. The summed E-state index contributed by atoms with van der Waals surface area (Å²) in [6, 6.07) is 10.3. The number of hydrogen-bond donors (Lipinski definition) is 3. The van der Waals surface area contributed by atoms with Crippen LogP contribution in [-0.4, -0.2) is 39.3 Å². The first-order valence-corrected chi connectivity index (χ1v) is 15.9. The van der Waals surface area contributed by atoms with Gasteiger partial charge in [-0.2, -0.15) is 0 Å². The molecule has 0 radical (unpaired) electrons. The van der Waals surface area contributed by atoms with Crippen molar-refractivity contribution in [2.75, 3.05) is 6.26 Å². The van der Waals surface area contributed by atoms with Crippen molar-refractivity contribution in [2.45, 2.75) is 94.9 Å². The molecule has 7 rings (SSSR count). The minimum atomic E-state index is -1.06. The number of thioether (sulfide) groups is 1. The first kappa shape index (κ1) is 28.1. The number of para-hydroxylation sites is 1. The number of aromatic nitrogens is 2. The number of alkyl halides is 1. The van der Waals surface area contributed by atoms with Gasteiger partial charge in [-0.3, -0.25) is 14.4 Å². The van der Waals surface area contributed by atoms with Gasteiger partial charge in [0.1, 0.15) is 5.67 Å². The molecule has 4 fully saturated rings. The van der Waals surface area contributed by atoms with Gasteiger partial charge in [0.05, 0.1) is 11.0 Å². The van der Waals surface area contributed by atoms with E-state index in [2.05, 4.69) is 33.2 Å². The fourth-order valence-corrected chi connectivity index (χ4v) is 8.40. The minimum Gasteiger partial charge on any atom is -0.353 e. The number of hydrogen-bond acceptors (Lipinski definition) is 4. The van der Waals surface area contributed by atoms with Crippen LogP contribution in [0.4, 0.5) is 4.39 Å². The van der Waals surface area contributed by atoms with Gasteiger partial charge in [0.25, 0.3) is 11.5 Å². The molecule has 9 heteroatoms. The third-order valence-electron chi connectivity index (χ3n) is 9.90. The zero-order valence-electron chi connectivity index (χ0n) is 24.2. The van der Waals surface area contributed by atoms with E-state index in [1.807, 2.05) is 44.4 Å². The van der Waals surface area contributed by atoms with Gasteiger partial charge in [0.15, 0.2) is 0 Å². The van der Waals surface area contributed by atoms with Crippen molar-refractivity contribution in [2.24, 2.45) is 11.3 Å². The number of amides is 2. The molecule has 1 atom stereocenters. The molecular weight excluding hydrogens is 539 g/mol. The lowest BCUT2D eigenvalue weighted by atomic mass is 9.42. The molecule has 0 saturated heterocycles. The SMILES string of the molecule is CSc1cc(C)[nH]c(=O)c1CNC(=O)c1c(C)n([C@H](C)[C@H]2CC[C@H](NC(=O)C34CC(F)(C3)C4)CC2)c2ccccc12.